The minimum Gasteiger partial charge on any atom is -0.386 e. The molecular weight excluding hydrogens is 386 g/mol. The number of nitrogens with zero attached hydrogens (tertiary/aromatic N) is 3. The van der Waals surface area contributed by atoms with E-state index in [4.69, 9.17) is 4.74 Å². The van der Waals surface area contributed by atoms with Crippen LogP contribution in [0.5, 0.6) is 0 Å². The monoisotopic (exact) mass is 417 g/mol. The fourth-order valence-electron chi connectivity index (χ4n) is 4.19. The molecule has 1 aromatic heterocycles. The molecule has 0 amide bonds. The molecule has 1 saturated heterocycles. The molecule has 1 unspecified atom stereocenters. The summed E-state index contributed by atoms with van der Waals surface area (Å²) in [6.07, 6.45) is 2.77. The van der Waals surface area contributed by atoms with E-state index < -0.39 is 6.10 Å². The van der Waals surface area contributed by atoms with E-state index in [1.54, 1.807) is 12.4 Å². The van der Waals surface area contributed by atoms with Crippen molar-refractivity contribution < 1.29 is 9.84 Å². The van der Waals surface area contributed by atoms with Crippen molar-refractivity contribution in [3.8, 4) is 0 Å². The molecular formula is C26H31N3O2. The summed E-state index contributed by atoms with van der Waals surface area (Å²) in [6.45, 7) is 5.89. The highest BCUT2D eigenvalue weighted by molar-refractivity contribution is 5.32. The summed E-state index contributed by atoms with van der Waals surface area (Å²) >= 11 is 0. The van der Waals surface area contributed by atoms with Gasteiger partial charge < -0.3 is 9.84 Å². The molecule has 0 saturated carbocycles. The number of aliphatic hydroxyl groups is 1. The summed E-state index contributed by atoms with van der Waals surface area (Å²) in [7, 11) is 0. The van der Waals surface area contributed by atoms with Gasteiger partial charge in [-0.3, -0.25) is 14.8 Å². The highest BCUT2D eigenvalue weighted by Crippen LogP contribution is 2.29. The summed E-state index contributed by atoms with van der Waals surface area (Å²) in [5.41, 5.74) is 3.48. The van der Waals surface area contributed by atoms with E-state index in [1.165, 1.54) is 11.1 Å². The van der Waals surface area contributed by atoms with Gasteiger partial charge in [-0.25, -0.2) is 0 Å². The average Bonchev–Trinajstić information content (AvgIpc) is 2.85. The lowest BCUT2D eigenvalue weighted by atomic mass is 9.96. The molecule has 0 aliphatic carbocycles. The second-order valence-corrected chi connectivity index (χ2v) is 7.98. The topological polar surface area (TPSA) is 48.8 Å². The van der Waals surface area contributed by atoms with Crippen molar-refractivity contribution in [1.29, 1.82) is 0 Å². The molecule has 5 nitrogen and oxygen atoms in total. The van der Waals surface area contributed by atoms with Crippen molar-refractivity contribution in [1.82, 2.24) is 14.8 Å². The second-order valence-electron chi connectivity index (χ2n) is 7.98. The lowest BCUT2D eigenvalue weighted by Gasteiger charge is -2.39. The maximum Gasteiger partial charge on any atom is 0.104 e. The van der Waals surface area contributed by atoms with Crippen LogP contribution in [0.25, 0.3) is 0 Å². The summed E-state index contributed by atoms with van der Waals surface area (Å²) in [6, 6.07) is 25.6. The first-order valence-corrected chi connectivity index (χ1v) is 11.0. The predicted molar refractivity (Wildman–Crippen MR) is 123 cm³/mol. The molecule has 0 radical (unpaired) electrons. The van der Waals surface area contributed by atoms with Crippen molar-refractivity contribution in [2.24, 2.45) is 0 Å². The fourth-order valence-corrected chi connectivity index (χ4v) is 4.19. The van der Waals surface area contributed by atoms with Crippen molar-refractivity contribution in [3.63, 3.8) is 0 Å². The number of hydrogen-bond acceptors (Lipinski definition) is 5. The average molecular weight is 418 g/mol. The van der Waals surface area contributed by atoms with Crippen LogP contribution in [-0.2, 0) is 4.74 Å². The van der Waals surface area contributed by atoms with E-state index in [1.807, 2.05) is 12.1 Å². The predicted octanol–water partition coefficient (Wildman–Crippen LogP) is 3.54. The van der Waals surface area contributed by atoms with Gasteiger partial charge >= 0.3 is 0 Å². The first-order chi connectivity index (χ1) is 15.3. The molecule has 2 heterocycles. The summed E-state index contributed by atoms with van der Waals surface area (Å²) < 4.78 is 5.73. The van der Waals surface area contributed by atoms with Crippen molar-refractivity contribution in [3.05, 3.63) is 102 Å². The maximum atomic E-state index is 10.2. The Morgan fingerprint density at radius 1 is 0.806 bits per heavy atom. The smallest absolute Gasteiger partial charge is 0.104 e. The van der Waals surface area contributed by atoms with Gasteiger partial charge in [-0.1, -0.05) is 66.7 Å². The van der Waals surface area contributed by atoms with Gasteiger partial charge in [0.1, 0.15) is 6.10 Å². The Hall–Kier alpha value is -2.57. The van der Waals surface area contributed by atoms with Crippen LogP contribution in [0.3, 0.4) is 0 Å². The van der Waals surface area contributed by atoms with Crippen LogP contribution in [0.4, 0.5) is 0 Å². The Morgan fingerprint density at radius 2 is 1.42 bits per heavy atom. The van der Waals surface area contributed by atoms with Crippen LogP contribution in [0.15, 0.2) is 85.2 Å². The molecule has 1 aliphatic heterocycles. The minimum absolute atomic E-state index is 0.287. The quantitative estimate of drug-likeness (QED) is 0.540. The van der Waals surface area contributed by atoms with E-state index in [9.17, 15) is 5.11 Å². The van der Waals surface area contributed by atoms with Crippen molar-refractivity contribution in [2.45, 2.75) is 12.1 Å². The summed E-state index contributed by atoms with van der Waals surface area (Å²) in [5.74, 6) is 0. The third kappa shape index (κ3) is 5.99. The molecule has 3 aromatic rings. The van der Waals surface area contributed by atoms with Gasteiger partial charge in [-0.2, -0.15) is 0 Å². The fraction of sp³-hybridized carbons (Fsp3) is 0.346. The summed E-state index contributed by atoms with van der Waals surface area (Å²) in [4.78, 5) is 9.07. The molecule has 1 fully saturated rings. The maximum absolute atomic E-state index is 10.2. The highest BCUT2D eigenvalue weighted by atomic mass is 16.5. The van der Waals surface area contributed by atoms with E-state index in [2.05, 4.69) is 75.4 Å². The Kier molecular flexibility index (Phi) is 7.80. The lowest BCUT2D eigenvalue weighted by molar-refractivity contribution is 0.0181. The minimum atomic E-state index is -0.622. The molecule has 1 aliphatic rings. The Labute approximate surface area is 184 Å². The highest BCUT2D eigenvalue weighted by Gasteiger charge is 2.26. The number of aromatic nitrogens is 1. The van der Waals surface area contributed by atoms with Crippen LogP contribution in [-0.4, -0.2) is 65.8 Å². The van der Waals surface area contributed by atoms with Crippen LogP contribution in [0.2, 0.25) is 0 Å². The molecule has 1 atom stereocenters. The molecule has 5 heteroatoms. The normalized spacial score (nSPS) is 16.5. The van der Waals surface area contributed by atoms with Gasteiger partial charge in [0.2, 0.25) is 0 Å². The van der Waals surface area contributed by atoms with Crippen molar-refractivity contribution in [2.75, 3.05) is 45.9 Å². The van der Waals surface area contributed by atoms with Gasteiger partial charge in [0, 0.05) is 50.7 Å². The first kappa shape index (κ1) is 21.7. The van der Waals surface area contributed by atoms with Gasteiger partial charge in [0.25, 0.3) is 0 Å². The van der Waals surface area contributed by atoms with Crippen LogP contribution in [0, 0.1) is 0 Å². The summed E-state index contributed by atoms with van der Waals surface area (Å²) in [5, 5.41) is 10.2. The Bertz CT molecular complexity index is 845. The molecule has 2 aromatic carbocycles. The third-order valence-electron chi connectivity index (χ3n) is 5.90. The number of ether oxygens (including phenoxy) is 1. The number of hydrogen-bond donors (Lipinski definition) is 1. The second kappa shape index (κ2) is 11.2. The SMILES string of the molecule is OC(COCCN1CCN(C(c2ccccc2)c2ccccc2)CC1)c1cccnc1. The lowest BCUT2D eigenvalue weighted by Crippen LogP contribution is -2.48. The van der Waals surface area contributed by atoms with E-state index in [0.717, 1.165) is 38.3 Å². The molecule has 162 valence electrons. The number of piperazine rings is 1. The van der Waals surface area contributed by atoms with Crippen LogP contribution in [0.1, 0.15) is 28.8 Å². The van der Waals surface area contributed by atoms with Crippen LogP contribution < -0.4 is 0 Å². The van der Waals surface area contributed by atoms with E-state index >= 15 is 0 Å². The molecule has 0 bridgehead atoms. The van der Waals surface area contributed by atoms with E-state index in [-0.39, 0.29) is 6.04 Å². The zero-order valence-electron chi connectivity index (χ0n) is 17.9. The van der Waals surface area contributed by atoms with Gasteiger partial charge in [-0.05, 0) is 17.2 Å². The Balaban J connectivity index is 1.26. The Morgan fingerprint density at radius 3 is 2.00 bits per heavy atom. The molecule has 0 spiro atoms. The van der Waals surface area contributed by atoms with E-state index in [0.29, 0.717) is 13.2 Å². The number of aliphatic hydroxyl groups excluding tert-OH is 1. The third-order valence-corrected chi connectivity index (χ3v) is 5.90. The van der Waals surface area contributed by atoms with Gasteiger partial charge in [-0.15, -0.1) is 0 Å². The zero-order chi connectivity index (χ0) is 21.3. The molecule has 1 N–H and O–H groups in total. The van der Waals surface area contributed by atoms with Gasteiger partial charge in [0.05, 0.1) is 19.3 Å². The standard InChI is InChI=1S/C26H31N3O2/c30-25(24-12-7-13-27-20-24)21-31-19-18-28-14-16-29(17-15-28)26(22-8-3-1-4-9-22)23-10-5-2-6-11-23/h1-13,20,25-26,30H,14-19,21H2. The van der Waals surface area contributed by atoms with Crippen LogP contribution >= 0.6 is 0 Å². The first-order valence-electron chi connectivity index (χ1n) is 11.0. The number of pyridine rings is 1. The van der Waals surface area contributed by atoms with Gasteiger partial charge in [0.15, 0.2) is 0 Å². The van der Waals surface area contributed by atoms with Crippen molar-refractivity contribution >= 4 is 0 Å². The zero-order valence-corrected chi connectivity index (χ0v) is 17.9. The molecule has 4 rings (SSSR count). The number of benzene rings is 2. The largest absolute Gasteiger partial charge is 0.386 e. The number of rotatable bonds is 9. The molecule has 31 heavy (non-hydrogen) atoms.